The van der Waals surface area contributed by atoms with Crippen molar-refractivity contribution in [1.82, 2.24) is 0 Å². The molecule has 0 amide bonds. The Morgan fingerprint density at radius 2 is 1.68 bits per heavy atom. The molecule has 4 heteroatoms. The van der Waals surface area contributed by atoms with E-state index in [2.05, 4.69) is 0 Å². The van der Waals surface area contributed by atoms with E-state index in [4.69, 9.17) is 16.6 Å². The van der Waals surface area contributed by atoms with Crippen molar-refractivity contribution in [1.29, 1.82) is 0 Å². The van der Waals surface area contributed by atoms with Gasteiger partial charge in [-0.05, 0) is 17.8 Å². The van der Waals surface area contributed by atoms with Gasteiger partial charge in [-0.2, -0.15) is 0 Å². The van der Waals surface area contributed by atoms with Crippen molar-refractivity contribution in [2.24, 2.45) is 0 Å². The number of phenolic OH excluding ortho intramolecular Hbond substituents is 2. The van der Waals surface area contributed by atoms with Crippen molar-refractivity contribution in [2.45, 2.75) is 0 Å². The fraction of sp³-hybridized carbons (Fsp3) is 0. The van der Waals surface area contributed by atoms with Crippen LogP contribution in [0.25, 0.3) is 22.1 Å². The zero-order valence-corrected chi connectivity index (χ0v) is 10.6. The third-order valence-corrected chi connectivity index (χ3v) is 3.09. The molecule has 3 aromatic rings. The molecule has 1 heterocycles. The summed E-state index contributed by atoms with van der Waals surface area (Å²) in [6, 6.07) is 14.0. The minimum atomic E-state index is -0.0617. The molecule has 1 aromatic heterocycles. The van der Waals surface area contributed by atoms with Gasteiger partial charge in [-0.25, -0.2) is 0 Å². The molecule has 0 aliphatic rings. The highest BCUT2D eigenvalue weighted by Crippen LogP contribution is 2.37. The molecular formula is C15H10O3S. The fourth-order valence-electron chi connectivity index (χ4n) is 2.11. The summed E-state index contributed by atoms with van der Waals surface area (Å²) in [5.41, 5.74) is 2.07. The van der Waals surface area contributed by atoms with Crippen LogP contribution in [0.15, 0.2) is 52.9 Å². The van der Waals surface area contributed by atoms with E-state index >= 15 is 0 Å². The van der Waals surface area contributed by atoms with Crippen molar-refractivity contribution in [3.8, 4) is 22.6 Å². The normalized spacial score (nSPS) is 10.7. The second kappa shape index (κ2) is 4.40. The van der Waals surface area contributed by atoms with Gasteiger partial charge in [0.25, 0.3) is 0 Å². The second-order valence-corrected chi connectivity index (χ2v) is 4.59. The van der Waals surface area contributed by atoms with Crippen molar-refractivity contribution in [3.05, 3.63) is 53.2 Å². The molecule has 94 valence electrons. The summed E-state index contributed by atoms with van der Waals surface area (Å²) in [5, 5.41) is 20.1. The Labute approximate surface area is 114 Å². The van der Waals surface area contributed by atoms with Crippen molar-refractivity contribution < 1.29 is 14.6 Å². The van der Waals surface area contributed by atoms with Crippen LogP contribution in [0.1, 0.15) is 0 Å². The zero-order valence-electron chi connectivity index (χ0n) is 9.83. The van der Waals surface area contributed by atoms with Gasteiger partial charge in [0.05, 0.1) is 5.39 Å². The van der Waals surface area contributed by atoms with E-state index in [-0.39, 0.29) is 11.5 Å². The topological polar surface area (TPSA) is 53.6 Å². The number of hydrogen-bond donors (Lipinski definition) is 2. The SMILES string of the molecule is Oc1cc(O)c2c(-c3ccccc3)cc(=S)oc2c1. The minimum Gasteiger partial charge on any atom is -0.508 e. The van der Waals surface area contributed by atoms with Crippen LogP contribution in [0.5, 0.6) is 11.5 Å². The highest BCUT2D eigenvalue weighted by molar-refractivity contribution is 7.71. The third kappa shape index (κ3) is 2.06. The predicted octanol–water partition coefficient (Wildman–Crippen LogP) is 4.24. The van der Waals surface area contributed by atoms with E-state index in [1.165, 1.54) is 12.1 Å². The van der Waals surface area contributed by atoms with Gasteiger partial charge in [-0.3, -0.25) is 0 Å². The molecule has 0 aliphatic carbocycles. The van der Waals surface area contributed by atoms with Crippen LogP contribution in [0.3, 0.4) is 0 Å². The van der Waals surface area contributed by atoms with Crippen LogP contribution in [0.2, 0.25) is 0 Å². The van der Waals surface area contributed by atoms with Crippen LogP contribution >= 0.6 is 12.2 Å². The maximum atomic E-state index is 10.0. The molecule has 0 saturated heterocycles. The summed E-state index contributed by atoms with van der Waals surface area (Å²) in [6.07, 6.45) is 0. The van der Waals surface area contributed by atoms with Crippen LogP contribution in [0, 0.1) is 4.71 Å². The first-order valence-corrected chi connectivity index (χ1v) is 6.11. The molecule has 0 spiro atoms. The molecule has 0 saturated carbocycles. The van der Waals surface area contributed by atoms with Gasteiger partial charge >= 0.3 is 0 Å². The summed E-state index contributed by atoms with van der Waals surface area (Å²) in [6.45, 7) is 0. The number of phenols is 2. The van der Waals surface area contributed by atoms with E-state index in [9.17, 15) is 10.2 Å². The van der Waals surface area contributed by atoms with Crippen LogP contribution in [-0.2, 0) is 0 Å². The van der Waals surface area contributed by atoms with Crippen molar-refractivity contribution in [2.75, 3.05) is 0 Å². The van der Waals surface area contributed by atoms with Crippen LogP contribution in [0.4, 0.5) is 0 Å². The Morgan fingerprint density at radius 1 is 0.947 bits per heavy atom. The number of rotatable bonds is 1. The first kappa shape index (κ1) is 11.7. The molecule has 0 atom stereocenters. The second-order valence-electron chi connectivity index (χ2n) is 4.18. The minimum absolute atomic E-state index is 0.0346. The molecule has 0 unspecified atom stereocenters. The van der Waals surface area contributed by atoms with Crippen LogP contribution in [-0.4, -0.2) is 10.2 Å². The molecule has 2 N–H and O–H groups in total. The maximum Gasteiger partial charge on any atom is 0.191 e. The fourth-order valence-corrected chi connectivity index (χ4v) is 2.32. The van der Waals surface area contributed by atoms with E-state index in [1.807, 2.05) is 30.3 Å². The quantitative estimate of drug-likeness (QED) is 0.649. The molecule has 0 radical (unpaired) electrons. The number of hydrogen-bond acceptors (Lipinski definition) is 4. The number of fused-ring (bicyclic) bond motifs is 1. The molecule has 2 aromatic carbocycles. The molecule has 0 bridgehead atoms. The van der Waals surface area contributed by atoms with Gasteiger partial charge in [-0.1, -0.05) is 30.3 Å². The van der Waals surface area contributed by atoms with E-state index in [0.717, 1.165) is 11.1 Å². The Hall–Kier alpha value is -2.33. The lowest BCUT2D eigenvalue weighted by Gasteiger charge is -2.08. The van der Waals surface area contributed by atoms with Crippen molar-refractivity contribution in [3.63, 3.8) is 0 Å². The lowest BCUT2D eigenvalue weighted by atomic mass is 10.0. The number of aromatic hydroxyl groups is 2. The van der Waals surface area contributed by atoms with Gasteiger partial charge in [-0.15, -0.1) is 0 Å². The molecule has 19 heavy (non-hydrogen) atoms. The van der Waals surface area contributed by atoms with Gasteiger partial charge < -0.3 is 14.6 Å². The molecule has 0 fully saturated rings. The monoisotopic (exact) mass is 270 g/mol. The predicted molar refractivity (Wildman–Crippen MR) is 75.8 cm³/mol. The Balaban J connectivity index is 2.45. The largest absolute Gasteiger partial charge is 0.508 e. The standard InChI is InChI=1S/C15H10O3S/c16-10-6-12(17)15-11(9-4-2-1-3-5-9)8-14(19)18-13(15)7-10/h1-8,16-17H. The first-order chi connectivity index (χ1) is 9.15. The van der Waals surface area contributed by atoms with Gasteiger partial charge in [0.1, 0.15) is 17.1 Å². The van der Waals surface area contributed by atoms with E-state index in [1.54, 1.807) is 6.07 Å². The maximum absolute atomic E-state index is 10.0. The lowest BCUT2D eigenvalue weighted by Crippen LogP contribution is -1.83. The van der Waals surface area contributed by atoms with Crippen molar-refractivity contribution >= 4 is 23.2 Å². The van der Waals surface area contributed by atoms with Gasteiger partial charge in [0.2, 0.25) is 0 Å². The van der Waals surface area contributed by atoms with Gasteiger partial charge in [0, 0.05) is 23.8 Å². The molecule has 0 aliphatic heterocycles. The zero-order chi connectivity index (χ0) is 13.4. The Morgan fingerprint density at radius 3 is 2.42 bits per heavy atom. The first-order valence-electron chi connectivity index (χ1n) is 5.70. The Bertz CT molecular complexity index is 807. The summed E-state index contributed by atoms with van der Waals surface area (Å²) >= 11 is 5.08. The highest BCUT2D eigenvalue weighted by atomic mass is 32.1. The van der Waals surface area contributed by atoms with E-state index in [0.29, 0.717) is 15.7 Å². The van der Waals surface area contributed by atoms with Crippen LogP contribution < -0.4 is 0 Å². The average molecular weight is 270 g/mol. The summed E-state index contributed by atoms with van der Waals surface area (Å²) in [7, 11) is 0. The summed E-state index contributed by atoms with van der Waals surface area (Å²) in [5.74, 6) is -0.0963. The lowest BCUT2D eigenvalue weighted by molar-refractivity contribution is 0.452. The summed E-state index contributed by atoms with van der Waals surface area (Å²) in [4.78, 5) is 0. The highest BCUT2D eigenvalue weighted by Gasteiger charge is 2.12. The van der Waals surface area contributed by atoms with Gasteiger partial charge in [0.15, 0.2) is 4.71 Å². The average Bonchev–Trinajstić information content (AvgIpc) is 2.38. The Kier molecular flexibility index (Phi) is 2.72. The third-order valence-electron chi connectivity index (χ3n) is 2.89. The molecule has 3 rings (SSSR count). The number of benzene rings is 2. The molecular weight excluding hydrogens is 260 g/mol. The summed E-state index contributed by atoms with van der Waals surface area (Å²) < 4.78 is 5.68. The molecule has 3 nitrogen and oxygen atoms in total. The van der Waals surface area contributed by atoms with E-state index < -0.39 is 0 Å². The smallest absolute Gasteiger partial charge is 0.191 e.